The van der Waals surface area contributed by atoms with Gasteiger partial charge in [-0.15, -0.1) is 0 Å². The average Bonchev–Trinajstić information content (AvgIpc) is 2.70. The standard InChI is InChI=1S/C22H28N2O4/c1-16(2)21(24-20(25)15-17-7-5-4-6-8-17)22(26)23-13-14-28-19-11-9-18(27-3)10-12-19/h4-12,16,21H,13-15H2,1-3H3,(H,23,26)(H,24,25)/t21-/m0/s1. The van der Waals surface area contributed by atoms with E-state index in [-0.39, 0.29) is 24.2 Å². The zero-order valence-corrected chi connectivity index (χ0v) is 16.6. The summed E-state index contributed by atoms with van der Waals surface area (Å²) < 4.78 is 10.7. The molecule has 0 aliphatic heterocycles. The Hall–Kier alpha value is -3.02. The van der Waals surface area contributed by atoms with Gasteiger partial charge in [-0.05, 0) is 35.7 Å². The highest BCUT2D eigenvalue weighted by molar-refractivity contribution is 5.88. The Balaban J connectivity index is 1.77. The van der Waals surface area contributed by atoms with Crippen molar-refractivity contribution in [1.82, 2.24) is 10.6 Å². The number of ether oxygens (including phenoxy) is 2. The molecule has 2 amide bonds. The van der Waals surface area contributed by atoms with Crippen molar-refractivity contribution in [1.29, 1.82) is 0 Å². The molecular formula is C22H28N2O4. The minimum Gasteiger partial charge on any atom is -0.497 e. The number of nitrogens with one attached hydrogen (secondary N) is 2. The second-order valence-corrected chi connectivity index (χ2v) is 6.77. The molecule has 0 radical (unpaired) electrons. The van der Waals surface area contributed by atoms with Gasteiger partial charge in [-0.2, -0.15) is 0 Å². The third-order valence-electron chi connectivity index (χ3n) is 4.20. The van der Waals surface area contributed by atoms with E-state index in [1.165, 1.54) is 0 Å². The molecule has 6 heteroatoms. The Morgan fingerprint density at radius 3 is 2.21 bits per heavy atom. The van der Waals surface area contributed by atoms with Crippen molar-refractivity contribution < 1.29 is 19.1 Å². The van der Waals surface area contributed by atoms with Gasteiger partial charge in [0.2, 0.25) is 11.8 Å². The average molecular weight is 384 g/mol. The highest BCUT2D eigenvalue weighted by Crippen LogP contribution is 2.16. The maximum Gasteiger partial charge on any atom is 0.242 e. The molecule has 0 saturated heterocycles. The van der Waals surface area contributed by atoms with Crippen LogP contribution in [0.15, 0.2) is 54.6 Å². The normalized spacial score (nSPS) is 11.6. The second kappa shape index (κ2) is 11.0. The van der Waals surface area contributed by atoms with Crippen LogP contribution in [0.1, 0.15) is 19.4 Å². The van der Waals surface area contributed by atoms with Crippen LogP contribution in [0.4, 0.5) is 0 Å². The maximum absolute atomic E-state index is 12.5. The minimum atomic E-state index is -0.586. The van der Waals surface area contributed by atoms with Crippen molar-refractivity contribution in [2.75, 3.05) is 20.3 Å². The van der Waals surface area contributed by atoms with Crippen LogP contribution in [0.2, 0.25) is 0 Å². The first-order chi connectivity index (χ1) is 13.5. The lowest BCUT2D eigenvalue weighted by Gasteiger charge is -2.22. The van der Waals surface area contributed by atoms with Gasteiger partial charge in [0.1, 0.15) is 24.1 Å². The zero-order valence-electron chi connectivity index (χ0n) is 16.6. The Morgan fingerprint density at radius 2 is 1.61 bits per heavy atom. The molecule has 0 aliphatic carbocycles. The van der Waals surface area contributed by atoms with Gasteiger partial charge in [-0.25, -0.2) is 0 Å². The predicted octanol–water partition coefficient (Wildman–Crippen LogP) is 2.57. The van der Waals surface area contributed by atoms with Crippen molar-refractivity contribution in [3.05, 3.63) is 60.2 Å². The van der Waals surface area contributed by atoms with E-state index in [1.807, 2.05) is 56.3 Å². The number of amides is 2. The van der Waals surface area contributed by atoms with E-state index >= 15 is 0 Å². The van der Waals surface area contributed by atoms with Crippen LogP contribution in [-0.2, 0) is 16.0 Å². The van der Waals surface area contributed by atoms with Crippen LogP contribution in [-0.4, -0.2) is 38.1 Å². The number of rotatable bonds is 10. The maximum atomic E-state index is 12.5. The van der Waals surface area contributed by atoms with Crippen molar-refractivity contribution in [3.8, 4) is 11.5 Å². The largest absolute Gasteiger partial charge is 0.497 e. The summed E-state index contributed by atoms with van der Waals surface area (Å²) in [5.41, 5.74) is 0.913. The van der Waals surface area contributed by atoms with Crippen LogP contribution >= 0.6 is 0 Å². The van der Waals surface area contributed by atoms with Crippen molar-refractivity contribution in [2.24, 2.45) is 5.92 Å². The third kappa shape index (κ3) is 6.95. The number of hydrogen-bond donors (Lipinski definition) is 2. The zero-order chi connectivity index (χ0) is 20.4. The highest BCUT2D eigenvalue weighted by atomic mass is 16.5. The van der Waals surface area contributed by atoms with Gasteiger partial charge in [-0.1, -0.05) is 44.2 Å². The minimum absolute atomic E-state index is 0.0257. The van der Waals surface area contributed by atoms with E-state index in [1.54, 1.807) is 19.2 Å². The van der Waals surface area contributed by atoms with Crippen LogP contribution in [0.5, 0.6) is 11.5 Å². The fourth-order valence-corrected chi connectivity index (χ4v) is 2.67. The van der Waals surface area contributed by atoms with E-state index < -0.39 is 6.04 Å². The molecule has 1 atom stereocenters. The number of methoxy groups -OCH3 is 1. The summed E-state index contributed by atoms with van der Waals surface area (Å²) in [6.07, 6.45) is 0.248. The lowest BCUT2D eigenvalue weighted by atomic mass is 10.0. The second-order valence-electron chi connectivity index (χ2n) is 6.77. The van der Waals surface area contributed by atoms with E-state index in [2.05, 4.69) is 10.6 Å². The lowest BCUT2D eigenvalue weighted by molar-refractivity contribution is -0.129. The first-order valence-electron chi connectivity index (χ1n) is 9.37. The number of carbonyl (C=O) groups excluding carboxylic acids is 2. The van der Waals surface area contributed by atoms with E-state index in [0.717, 1.165) is 11.3 Å². The van der Waals surface area contributed by atoms with Gasteiger partial charge in [-0.3, -0.25) is 9.59 Å². The van der Waals surface area contributed by atoms with Crippen LogP contribution in [0, 0.1) is 5.92 Å². The van der Waals surface area contributed by atoms with Crippen LogP contribution in [0.25, 0.3) is 0 Å². The molecule has 0 heterocycles. The van der Waals surface area contributed by atoms with Crippen molar-refractivity contribution >= 4 is 11.8 Å². The molecule has 0 unspecified atom stereocenters. The Morgan fingerprint density at radius 1 is 0.964 bits per heavy atom. The molecule has 0 fully saturated rings. The topological polar surface area (TPSA) is 76.7 Å². The molecular weight excluding hydrogens is 356 g/mol. The first kappa shape index (κ1) is 21.3. The first-order valence-corrected chi connectivity index (χ1v) is 9.37. The monoisotopic (exact) mass is 384 g/mol. The van der Waals surface area contributed by atoms with E-state index in [0.29, 0.717) is 18.9 Å². The molecule has 150 valence electrons. The van der Waals surface area contributed by atoms with Crippen molar-refractivity contribution in [3.63, 3.8) is 0 Å². The molecule has 0 saturated carbocycles. The number of benzene rings is 2. The summed E-state index contributed by atoms with van der Waals surface area (Å²) in [7, 11) is 1.61. The summed E-state index contributed by atoms with van der Waals surface area (Å²) in [6.45, 7) is 4.49. The molecule has 0 aromatic heterocycles. The molecule has 2 aromatic carbocycles. The van der Waals surface area contributed by atoms with Gasteiger partial charge in [0.15, 0.2) is 0 Å². The fraction of sp³-hybridized carbons (Fsp3) is 0.364. The van der Waals surface area contributed by atoms with Crippen LogP contribution < -0.4 is 20.1 Å². The summed E-state index contributed by atoms with van der Waals surface area (Å²) >= 11 is 0. The molecule has 0 bridgehead atoms. The predicted molar refractivity (Wildman–Crippen MR) is 108 cm³/mol. The van der Waals surface area contributed by atoms with E-state index in [9.17, 15) is 9.59 Å². The quantitative estimate of drug-likeness (QED) is 0.618. The molecule has 0 aliphatic rings. The Bertz CT molecular complexity index is 745. The number of carbonyl (C=O) groups is 2. The van der Waals surface area contributed by atoms with Gasteiger partial charge >= 0.3 is 0 Å². The molecule has 6 nitrogen and oxygen atoms in total. The summed E-state index contributed by atoms with van der Waals surface area (Å²) in [4.78, 5) is 24.7. The lowest BCUT2D eigenvalue weighted by Crippen LogP contribution is -2.50. The van der Waals surface area contributed by atoms with E-state index in [4.69, 9.17) is 9.47 Å². The number of hydrogen-bond acceptors (Lipinski definition) is 4. The van der Waals surface area contributed by atoms with Crippen molar-refractivity contribution in [2.45, 2.75) is 26.3 Å². The van der Waals surface area contributed by atoms with Gasteiger partial charge < -0.3 is 20.1 Å². The molecule has 28 heavy (non-hydrogen) atoms. The Labute approximate surface area is 166 Å². The Kier molecular flexibility index (Phi) is 8.34. The van der Waals surface area contributed by atoms with Gasteiger partial charge in [0.25, 0.3) is 0 Å². The molecule has 2 aromatic rings. The third-order valence-corrected chi connectivity index (χ3v) is 4.20. The summed E-state index contributed by atoms with van der Waals surface area (Å²) in [6, 6.07) is 16.1. The molecule has 2 N–H and O–H groups in total. The van der Waals surface area contributed by atoms with Crippen LogP contribution in [0.3, 0.4) is 0 Å². The highest BCUT2D eigenvalue weighted by Gasteiger charge is 2.23. The summed E-state index contributed by atoms with van der Waals surface area (Å²) in [5.74, 6) is 1.05. The SMILES string of the molecule is COc1ccc(OCCNC(=O)[C@@H](NC(=O)Cc2ccccc2)C(C)C)cc1. The summed E-state index contributed by atoms with van der Waals surface area (Å²) in [5, 5.41) is 5.65. The molecule has 2 rings (SSSR count). The smallest absolute Gasteiger partial charge is 0.242 e. The van der Waals surface area contributed by atoms with Gasteiger partial charge in [0, 0.05) is 0 Å². The fourth-order valence-electron chi connectivity index (χ4n) is 2.67. The van der Waals surface area contributed by atoms with Gasteiger partial charge in [0.05, 0.1) is 20.1 Å². The molecule has 0 spiro atoms.